The highest BCUT2D eigenvalue weighted by atomic mass is 32.2. The topological polar surface area (TPSA) is 75.3 Å². The molecule has 1 aromatic carbocycles. The first-order valence-corrected chi connectivity index (χ1v) is 6.49. The van der Waals surface area contributed by atoms with E-state index in [0.29, 0.717) is 11.3 Å². The lowest BCUT2D eigenvalue weighted by Crippen LogP contribution is -2.30. The first-order valence-electron chi connectivity index (χ1n) is 5.44. The van der Waals surface area contributed by atoms with Gasteiger partial charge in [-0.2, -0.15) is 11.8 Å². The van der Waals surface area contributed by atoms with Crippen molar-refractivity contribution in [1.29, 1.82) is 0 Å². The average Bonchev–Trinajstić information content (AvgIpc) is 2.35. The molecular weight excluding hydrogens is 236 g/mol. The normalized spacial score (nSPS) is 14.1. The minimum atomic E-state index is -0.365. The predicted molar refractivity (Wildman–Crippen MR) is 70.5 cm³/mol. The van der Waals surface area contributed by atoms with Gasteiger partial charge >= 0.3 is 0 Å². The van der Waals surface area contributed by atoms with Gasteiger partial charge < -0.3 is 5.11 Å². The number of hydrogen-bond donors (Lipinski definition) is 3. The highest BCUT2D eigenvalue weighted by Crippen LogP contribution is 2.22. The lowest BCUT2D eigenvalue weighted by molar-refractivity contribution is 0.0953. The van der Waals surface area contributed by atoms with Crippen molar-refractivity contribution >= 4 is 17.7 Å². The van der Waals surface area contributed by atoms with Crippen molar-refractivity contribution in [3.8, 4) is 0 Å². The fourth-order valence-electron chi connectivity index (χ4n) is 1.31. The van der Waals surface area contributed by atoms with Crippen molar-refractivity contribution in [3.63, 3.8) is 0 Å². The van der Waals surface area contributed by atoms with Crippen LogP contribution in [0, 0.1) is 0 Å². The van der Waals surface area contributed by atoms with E-state index in [9.17, 15) is 9.90 Å². The molecule has 17 heavy (non-hydrogen) atoms. The Labute approximate surface area is 106 Å². The van der Waals surface area contributed by atoms with E-state index in [1.807, 2.05) is 19.1 Å². The van der Waals surface area contributed by atoms with Gasteiger partial charge in [0.15, 0.2) is 0 Å². The van der Waals surface area contributed by atoms with Gasteiger partial charge in [0, 0.05) is 16.6 Å². The van der Waals surface area contributed by atoms with Gasteiger partial charge in [-0.05, 0) is 18.6 Å². The zero-order chi connectivity index (χ0) is 12.8. The number of nitrogen functional groups attached to an aromatic ring is 1. The molecule has 0 saturated carbocycles. The molecule has 1 aromatic rings. The van der Waals surface area contributed by atoms with Crippen LogP contribution in [0.25, 0.3) is 0 Å². The third-order valence-electron chi connectivity index (χ3n) is 2.57. The molecule has 2 unspecified atom stereocenters. The van der Waals surface area contributed by atoms with Crippen molar-refractivity contribution < 1.29 is 9.90 Å². The highest BCUT2D eigenvalue weighted by Gasteiger charge is 2.13. The summed E-state index contributed by atoms with van der Waals surface area (Å²) in [7, 11) is 0. The molecule has 4 N–H and O–H groups in total. The van der Waals surface area contributed by atoms with Gasteiger partial charge in [0.1, 0.15) is 0 Å². The van der Waals surface area contributed by atoms with Crippen LogP contribution in [0.5, 0.6) is 0 Å². The molecule has 0 heterocycles. The zero-order valence-corrected chi connectivity index (χ0v) is 10.8. The maximum atomic E-state index is 11.5. The van der Waals surface area contributed by atoms with Crippen molar-refractivity contribution in [2.24, 2.45) is 5.84 Å². The van der Waals surface area contributed by atoms with Crippen LogP contribution in [0.2, 0.25) is 0 Å². The molecule has 4 nitrogen and oxygen atoms in total. The Hall–Kier alpha value is -1.04. The summed E-state index contributed by atoms with van der Waals surface area (Å²) in [4.78, 5) is 11.5. The molecule has 0 bridgehead atoms. The SMILES string of the molecule is CC(O)C(C)SCc1ccccc1C(=O)NN. The summed E-state index contributed by atoms with van der Waals surface area (Å²) in [5, 5.41) is 9.53. The zero-order valence-electron chi connectivity index (χ0n) is 10.0. The highest BCUT2D eigenvalue weighted by molar-refractivity contribution is 7.99. The molecular formula is C12H18N2O2S. The van der Waals surface area contributed by atoms with Crippen LogP contribution in [-0.4, -0.2) is 22.4 Å². The van der Waals surface area contributed by atoms with Gasteiger partial charge in [0.2, 0.25) is 0 Å². The summed E-state index contributed by atoms with van der Waals surface area (Å²) in [5.41, 5.74) is 3.64. The maximum Gasteiger partial charge on any atom is 0.265 e. The summed E-state index contributed by atoms with van der Waals surface area (Å²) in [6.45, 7) is 3.72. The molecule has 5 heteroatoms. The molecule has 0 spiro atoms. The molecule has 0 aromatic heterocycles. The number of carbonyl (C=O) groups excluding carboxylic acids is 1. The molecule has 1 rings (SSSR count). The van der Waals surface area contributed by atoms with Crippen LogP contribution in [0.3, 0.4) is 0 Å². The fraction of sp³-hybridized carbons (Fsp3) is 0.417. The van der Waals surface area contributed by atoms with Crippen molar-refractivity contribution in [2.45, 2.75) is 31.0 Å². The van der Waals surface area contributed by atoms with Gasteiger partial charge in [-0.3, -0.25) is 10.2 Å². The molecule has 2 atom stereocenters. The van der Waals surface area contributed by atoms with Crippen molar-refractivity contribution in [2.75, 3.05) is 0 Å². The van der Waals surface area contributed by atoms with Gasteiger partial charge in [-0.1, -0.05) is 25.1 Å². The molecule has 0 radical (unpaired) electrons. The van der Waals surface area contributed by atoms with E-state index in [4.69, 9.17) is 5.84 Å². The smallest absolute Gasteiger partial charge is 0.265 e. The number of benzene rings is 1. The number of hydrogen-bond acceptors (Lipinski definition) is 4. The number of aliphatic hydroxyl groups is 1. The number of nitrogens with one attached hydrogen (secondary N) is 1. The van der Waals surface area contributed by atoms with Gasteiger partial charge in [-0.15, -0.1) is 0 Å². The van der Waals surface area contributed by atoms with E-state index >= 15 is 0 Å². The number of rotatable bonds is 5. The molecule has 0 fully saturated rings. The Kier molecular flexibility index (Phi) is 5.47. The summed E-state index contributed by atoms with van der Waals surface area (Å²) >= 11 is 1.61. The number of amides is 1. The summed E-state index contributed by atoms with van der Waals surface area (Å²) in [5.74, 6) is 5.52. The van der Waals surface area contributed by atoms with E-state index in [-0.39, 0.29) is 17.3 Å². The lowest BCUT2D eigenvalue weighted by Gasteiger charge is -2.15. The number of thioether (sulfide) groups is 1. The average molecular weight is 254 g/mol. The van der Waals surface area contributed by atoms with Crippen LogP contribution >= 0.6 is 11.8 Å². The van der Waals surface area contributed by atoms with Crippen LogP contribution in [0.15, 0.2) is 24.3 Å². The minimum absolute atomic E-state index is 0.129. The van der Waals surface area contributed by atoms with Crippen LogP contribution < -0.4 is 11.3 Å². The molecule has 94 valence electrons. The second-order valence-electron chi connectivity index (χ2n) is 3.89. The van der Waals surface area contributed by atoms with E-state index in [2.05, 4.69) is 5.43 Å². The second kappa shape index (κ2) is 6.64. The van der Waals surface area contributed by atoms with Crippen molar-refractivity contribution in [3.05, 3.63) is 35.4 Å². The number of aliphatic hydroxyl groups excluding tert-OH is 1. The Morgan fingerprint density at radius 3 is 2.71 bits per heavy atom. The third-order valence-corrected chi connectivity index (χ3v) is 3.97. The minimum Gasteiger partial charge on any atom is -0.392 e. The van der Waals surface area contributed by atoms with Crippen LogP contribution in [-0.2, 0) is 5.75 Å². The second-order valence-corrected chi connectivity index (χ2v) is 5.25. The molecule has 0 saturated heterocycles. The Bertz CT molecular complexity index is 383. The van der Waals surface area contributed by atoms with E-state index in [0.717, 1.165) is 5.56 Å². The van der Waals surface area contributed by atoms with Gasteiger partial charge in [0.05, 0.1) is 6.10 Å². The largest absolute Gasteiger partial charge is 0.392 e. The molecule has 0 aliphatic carbocycles. The monoisotopic (exact) mass is 254 g/mol. The predicted octanol–water partition coefficient (Wildman–Crippen LogP) is 1.29. The first kappa shape index (κ1) is 14.0. The summed E-state index contributed by atoms with van der Waals surface area (Å²) in [6.07, 6.45) is -0.365. The van der Waals surface area contributed by atoms with Crippen LogP contribution in [0.1, 0.15) is 29.8 Å². The van der Waals surface area contributed by atoms with Crippen LogP contribution in [0.4, 0.5) is 0 Å². The lowest BCUT2D eigenvalue weighted by atomic mass is 10.1. The van der Waals surface area contributed by atoms with Crippen molar-refractivity contribution in [1.82, 2.24) is 5.43 Å². The van der Waals surface area contributed by atoms with Gasteiger partial charge in [0.25, 0.3) is 5.91 Å². The van der Waals surface area contributed by atoms with E-state index < -0.39 is 0 Å². The number of carbonyl (C=O) groups is 1. The Morgan fingerprint density at radius 1 is 1.47 bits per heavy atom. The Balaban J connectivity index is 2.74. The van der Waals surface area contributed by atoms with E-state index in [1.165, 1.54) is 0 Å². The number of nitrogens with two attached hydrogens (primary N) is 1. The van der Waals surface area contributed by atoms with Gasteiger partial charge in [-0.25, -0.2) is 5.84 Å². The standard InChI is InChI=1S/C12H18N2O2S/c1-8(15)9(2)17-7-10-5-3-4-6-11(10)12(16)14-13/h3-6,8-9,15H,7,13H2,1-2H3,(H,14,16). The third kappa shape index (κ3) is 4.03. The quantitative estimate of drug-likeness (QED) is 0.420. The molecule has 1 amide bonds. The number of hydrazine groups is 1. The first-order chi connectivity index (χ1) is 8.06. The summed E-state index contributed by atoms with van der Waals surface area (Å²) < 4.78 is 0. The summed E-state index contributed by atoms with van der Waals surface area (Å²) in [6, 6.07) is 7.32. The van der Waals surface area contributed by atoms with E-state index in [1.54, 1.807) is 30.8 Å². The molecule has 0 aliphatic heterocycles. The molecule has 0 aliphatic rings. The maximum absolute atomic E-state index is 11.5. The fourth-order valence-corrected chi connectivity index (χ4v) is 2.28. The Morgan fingerprint density at radius 2 is 2.12 bits per heavy atom.